The molecule has 0 unspecified atom stereocenters. The quantitative estimate of drug-likeness (QED) is 0.120. The van der Waals surface area contributed by atoms with Crippen molar-refractivity contribution in [2.75, 3.05) is 14.2 Å². The van der Waals surface area contributed by atoms with Crippen molar-refractivity contribution in [1.82, 2.24) is 0 Å². The second-order valence-electron chi connectivity index (χ2n) is 10.0. The number of methoxy groups -OCH3 is 2. The Morgan fingerprint density at radius 3 is 1.18 bits per heavy atom. The van der Waals surface area contributed by atoms with E-state index in [0.717, 1.165) is 26.6 Å². The zero-order chi connectivity index (χ0) is 36.0. The summed E-state index contributed by atoms with van der Waals surface area (Å²) in [6, 6.07) is 44.6. The first-order valence-corrected chi connectivity index (χ1v) is 18.0. The van der Waals surface area contributed by atoms with E-state index in [-0.39, 0.29) is 11.5 Å². The molecule has 0 atom stereocenters. The highest BCUT2D eigenvalue weighted by atomic mass is 127. The second-order valence-corrected chi connectivity index (χ2v) is 13.8. The smallest absolute Gasteiger partial charge is 0.127 e. The first-order valence-electron chi connectivity index (χ1n) is 14.8. The van der Waals surface area contributed by atoms with Gasteiger partial charge in [0.25, 0.3) is 0 Å². The number of aromatic hydroxyl groups is 3. The van der Waals surface area contributed by atoms with Crippen molar-refractivity contribution in [2.45, 2.75) is 13.8 Å². The average molecular weight is 996 g/mol. The van der Waals surface area contributed by atoms with Crippen LogP contribution in [-0.2, 0) is 0 Å². The number of halogens is 3. The number of phenols is 3. The predicted octanol–water partition coefficient (Wildman–Crippen LogP) is 11.8. The van der Waals surface area contributed by atoms with Gasteiger partial charge in [-0.25, -0.2) is 0 Å². The molecule has 0 aliphatic carbocycles. The number of hydrogen-bond acceptors (Lipinski definition) is 6. The van der Waals surface area contributed by atoms with E-state index < -0.39 is 0 Å². The van der Waals surface area contributed by atoms with Crippen LogP contribution < -0.4 is 14.2 Å². The van der Waals surface area contributed by atoms with Gasteiger partial charge in [0.15, 0.2) is 0 Å². The first-order chi connectivity index (χ1) is 23.5. The normalized spacial score (nSPS) is 9.37. The minimum atomic E-state index is 0.169. The van der Waals surface area contributed by atoms with Gasteiger partial charge in [0, 0.05) is 10.7 Å². The van der Waals surface area contributed by atoms with E-state index >= 15 is 0 Å². The van der Waals surface area contributed by atoms with Crippen LogP contribution >= 0.6 is 67.8 Å². The Bertz CT molecular complexity index is 1660. The predicted molar refractivity (Wildman–Crippen MR) is 224 cm³/mol. The minimum Gasteiger partial charge on any atom is -0.508 e. The largest absolute Gasteiger partial charge is 0.508 e. The Labute approximate surface area is 330 Å². The summed E-state index contributed by atoms with van der Waals surface area (Å²) in [6.07, 6.45) is 0. The third-order valence-electron chi connectivity index (χ3n) is 6.00. The van der Waals surface area contributed by atoms with Crippen molar-refractivity contribution in [1.29, 1.82) is 0 Å². The van der Waals surface area contributed by atoms with Gasteiger partial charge >= 0.3 is 0 Å². The topological polar surface area (TPSA) is 88.4 Å². The fourth-order valence-corrected chi connectivity index (χ4v) is 5.53. The summed E-state index contributed by atoms with van der Waals surface area (Å²) in [6.45, 7) is 4.10. The van der Waals surface area contributed by atoms with Crippen molar-refractivity contribution < 1.29 is 29.5 Å². The van der Waals surface area contributed by atoms with Crippen molar-refractivity contribution in [3.05, 3.63) is 167 Å². The first kappa shape index (κ1) is 41.5. The van der Waals surface area contributed by atoms with Crippen molar-refractivity contribution in [3.63, 3.8) is 0 Å². The lowest BCUT2D eigenvalue weighted by molar-refractivity contribution is 0.413. The number of aryl methyl sites for hydroxylation is 2. The molecule has 9 heteroatoms. The molecule has 6 rings (SSSR count). The fraction of sp³-hybridized carbons (Fsp3) is 0.100. The summed E-state index contributed by atoms with van der Waals surface area (Å²) in [7, 11) is 3.32. The lowest BCUT2D eigenvalue weighted by Crippen LogP contribution is -1.86. The summed E-state index contributed by atoms with van der Waals surface area (Å²) < 4.78 is 19.5. The molecule has 3 N–H and O–H groups in total. The molecule has 6 nitrogen and oxygen atoms in total. The second kappa shape index (κ2) is 23.6. The van der Waals surface area contributed by atoms with Crippen LogP contribution in [0.4, 0.5) is 0 Å². The molecule has 0 bridgehead atoms. The van der Waals surface area contributed by atoms with E-state index in [9.17, 15) is 0 Å². The SMILES string of the molecule is COc1ccc(C)cc1.COc1ccc(Oc2cccc(C)c2)cc1.Ic1cccc(I)c1.Oc1ccc(I)cc1.Oc1ccc(O)cc1. The molecule has 0 saturated carbocycles. The van der Waals surface area contributed by atoms with Gasteiger partial charge in [-0.3, -0.25) is 0 Å². The molecular formula is C40H39I3O6. The van der Waals surface area contributed by atoms with Gasteiger partial charge in [-0.15, -0.1) is 0 Å². The maximum Gasteiger partial charge on any atom is 0.127 e. The number of ether oxygens (including phenoxy) is 3. The van der Waals surface area contributed by atoms with Crippen LogP contribution in [0.1, 0.15) is 11.1 Å². The lowest BCUT2D eigenvalue weighted by Gasteiger charge is -2.06. The molecule has 0 saturated heterocycles. The third-order valence-corrected chi connectivity index (χ3v) is 8.07. The zero-order valence-corrected chi connectivity index (χ0v) is 34.0. The van der Waals surface area contributed by atoms with E-state index in [4.69, 9.17) is 29.5 Å². The Morgan fingerprint density at radius 1 is 0.388 bits per heavy atom. The summed E-state index contributed by atoms with van der Waals surface area (Å²) in [5.41, 5.74) is 2.45. The van der Waals surface area contributed by atoms with Gasteiger partial charge < -0.3 is 29.5 Å². The number of hydrogen-bond donors (Lipinski definition) is 3. The van der Waals surface area contributed by atoms with Gasteiger partial charge in [0.1, 0.15) is 40.2 Å². The molecule has 0 spiro atoms. The van der Waals surface area contributed by atoms with Crippen LogP contribution in [0.15, 0.2) is 146 Å². The number of rotatable bonds is 4. The highest BCUT2D eigenvalue weighted by molar-refractivity contribution is 14.1. The van der Waals surface area contributed by atoms with Gasteiger partial charge in [-0.2, -0.15) is 0 Å². The summed E-state index contributed by atoms with van der Waals surface area (Å²) >= 11 is 6.79. The van der Waals surface area contributed by atoms with E-state index in [1.807, 2.05) is 91.9 Å². The Hall–Kier alpha value is -3.69. The molecule has 0 aliphatic rings. The highest BCUT2D eigenvalue weighted by Crippen LogP contribution is 2.24. The van der Waals surface area contributed by atoms with Crippen LogP contribution in [0.3, 0.4) is 0 Å². The van der Waals surface area contributed by atoms with Gasteiger partial charge in [-0.1, -0.05) is 35.9 Å². The molecule has 0 amide bonds. The van der Waals surface area contributed by atoms with Gasteiger partial charge in [-0.05, 0) is 202 Å². The molecule has 49 heavy (non-hydrogen) atoms. The molecule has 0 aliphatic heterocycles. The van der Waals surface area contributed by atoms with Crippen LogP contribution in [0.25, 0.3) is 0 Å². The van der Waals surface area contributed by atoms with E-state index in [1.54, 1.807) is 26.4 Å². The summed E-state index contributed by atoms with van der Waals surface area (Å²) in [5.74, 6) is 4.07. The molecule has 256 valence electrons. The summed E-state index contributed by atoms with van der Waals surface area (Å²) in [5, 5.41) is 26.0. The Morgan fingerprint density at radius 2 is 0.796 bits per heavy atom. The maximum atomic E-state index is 8.75. The molecule has 6 aromatic carbocycles. The number of phenolic OH excluding ortho intramolecular Hbond substituents is 3. The zero-order valence-electron chi connectivity index (χ0n) is 27.6. The van der Waals surface area contributed by atoms with E-state index in [2.05, 4.69) is 99.0 Å². The van der Waals surface area contributed by atoms with Crippen LogP contribution in [0.5, 0.6) is 40.2 Å². The van der Waals surface area contributed by atoms with Crippen molar-refractivity contribution in [3.8, 4) is 40.2 Å². The summed E-state index contributed by atoms with van der Waals surface area (Å²) in [4.78, 5) is 0. The maximum absolute atomic E-state index is 8.75. The van der Waals surface area contributed by atoms with Crippen molar-refractivity contribution >= 4 is 67.8 Å². The van der Waals surface area contributed by atoms with Crippen LogP contribution in [0.2, 0.25) is 0 Å². The minimum absolute atomic E-state index is 0.169. The van der Waals surface area contributed by atoms with E-state index in [0.29, 0.717) is 5.75 Å². The molecule has 0 radical (unpaired) electrons. The monoisotopic (exact) mass is 996 g/mol. The molecule has 0 fully saturated rings. The van der Waals surface area contributed by atoms with Crippen molar-refractivity contribution in [2.24, 2.45) is 0 Å². The van der Waals surface area contributed by atoms with Crippen LogP contribution in [-0.4, -0.2) is 29.5 Å². The fourth-order valence-electron chi connectivity index (χ4n) is 3.49. The lowest BCUT2D eigenvalue weighted by atomic mass is 10.2. The average Bonchev–Trinajstić information content (AvgIpc) is 3.09. The Balaban J connectivity index is 0.000000221. The third kappa shape index (κ3) is 19.2. The van der Waals surface area contributed by atoms with Crippen LogP contribution in [0, 0.1) is 24.6 Å². The standard InChI is InChI=1S/C14H14O2.C8H10O.C6H4I2.C6H5IO.C6H6O2/c1-11-4-3-5-14(10-11)16-13-8-6-12(15-2)7-9-13;1-7-3-5-8(9-2)6-4-7;7-5-2-1-3-6(8)4-5;7-5-1-3-6(8)4-2-5;7-5-1-2-6(8)4-3-5/h3-10H,1-2H3;3-6H,1-2H3;1-4H;1-4,8H;1-4,7-8H. The molecule has 6 aromatic rings. The molecular weight excluding hydrogens is 957 g/mol. The van der Waals surface area contributed by atoms with Gasteiger partial charge in [0.2, 0.25) is 0 Å². The molecule has 0 heterocycles. The van der Waals surface area contributed by atoms with Gasteiger partial charge in [0.05, 0.1) is 14.2 Å². The number of benzene rings is 6. The van der Waals surface area contributed by atoms with E-state index in [1.165, 1.54) is 42.5 Å². The molecule has 0 aromatic heterocycles. The highest BCUT2D eigenvalue weighted by Gasteiger charge is 1.98. The Kier molecular flexibility index (Phi) is 20.0.